The van der Waals surface area contributed by atoms with Crippen LogP contribution in [0.5, 0.6) is 11.5 Å². The van der Waals surface area contributed by atoms with Gasteiger partial charge in [-0.05, 0) is 111 Å². The molecular weight excluding hydrogens is 987 g/mol. The fourth-order valence-corrected chi connectivity index (χ4v) is 6.22. The highest BCUT2D eigenvalue weighted by Gasteiger charge is 2.23. The van der Waals surface area contributed by atoms with Gasteiger partial charge in [0.15, 0.2) is 0 Å². The van der Waals surface area contributed by atoms with Gasteiger partial charge in [0.05, 0.1) is 35.5 Å². The zero-order chi connectivity index (χ0) is 51.8. The number of nitrogen functional groups attached to an aromatic ring is 1. The van der Waals surface area contributed by atoms with Crippen molar-refractivity contribution in [2.75, 3.05) is 38.4 Å². The van der Waals surface area contributed by atoms with Crippen LogP contribution in [0.25, 0.3) is 0 Å². The molecule has 0 aromatic heterocycles. The van der Waals surface area contributed by atoms with Crippen molar-refractivity contribution in [3.8, 4) is 11.5 Å². The number of nitrogens with two attached hydrogens (primary N) is 1. The molecular formula is C53H77Cl3N6O10. The van der Waals surface area contributed by atoms with E-state index in [1.807, 2.05) is 67.5 Å². The quantitative estimate of drug-likeness (QED) is 0.0382. The Kier molecular flexibility index (Phi) is 33.0. The van der Waals surface area contributed by atoms with Gasteiger partial charge >= 0.3 is 11.5 Å². The molecule has 0 saturated carbocycles. The van der Waals surface area contributed by atoms with E-state index in [4.69, 9.17) is 54.7 Å². The van der Waals surface area contributed by atoms with Crippen LogP contribution in [0.3, 0.4) is 0 Å². The molecule has 0 saturated heterocycles. The Bertz CT molecular complexity index is 2300. The van der Waals surface area contributed by atoms with E-state index in [0.717, 1.165) is 11.1 Å². The zero-order valence-corrected chi connectivity index (χ0v) is 42.9. The molecule has 5 amide bonds. The minimum atomic E-state index is -0.808. The third-order valence-corrected chi connectivity index (χ3v) is 9.69. The lowest BCUT2D eigenvalue weighted by Crippen LogP contribution is -2.47. The largest absolute Gasteiger partial charge is 0.489 e. The zero-order valence-electron chi connectivity index (χ0n) is 40.7. The molecule has 0 heterocycles. The average molecular weight is 1060 g/mol. The van der Waals surface area contributed by atoms with Crippen molar-refractivity contribution in [2.24, 2.45) is 11.8 Å². The number of nitrogens with one attached hydrogen (secondary N) is 5. The first-order chi connectivity index (χ1) is 32.5. The Balaban J connectivity index is 0. The summed E-state index contributed by atoms with van der Waals surface area (Å²) >= 11 is 17.3. The van der Waals surface area contributed by atoms with E-state index in [1.54, 1.807) is 60.7 Å². The molecule has 0 fully saturated rings. The van der Waals surface area contributed by atoms with Gasteiger partial charge in [0.1, 0.15) is 23.6 Å². The van der Waals surface area contributed by atoms with E-state index in [-0.39, 0.29) is 58.6 Å². The van der Waals surface area contributed by atoms with Crippen molar-refractivity contribution in [1.82, 2.24) is 21.3 Å². The summed E-state index contributed by atoms with van der Waals surface area (Å²) in [5.74, 6) is 0.148. The van der Waals surface area contributed by atoms with Crippen LogP contribution in [0, 0.1) is 11.8 Å². The SMILES string of the molecule is C.C.C.CC(C)COC(=O)Cl.CNC(=O)C(Cc1ccc(N)cc1)NC(=O)c1ccc(OC(C)C)c(Cl)c1.CNC(=O)C(Cc1ccc(NC(=O)OCC(C)C)cc1)NC(=O)c1ccc(OC(C)C)c(Cl)c1. The summed E-state index contributed by atoms with van der Waals surface area (Å²) in [7, 11) is 3.03. The second kappa shape index (κ2) is 35.0. The van der Waals surface area contributed by atoms with E-state index in [2.05, 4.69) is 31.3 Å². The molecule has 0 aliphatic heterocycles. The number of carbonyl (C=O) groups excluding carboxylic acids is 6. The molecule has 0 aliphatic carbocycles. The lowest BCUT2D eigenvalue weighted by Gasteiger charge is -2.18. The van der Waals surface area contributed by atoms with Crippen LogP contribution in [-0.2, 0) is 31.9 Å². The van der Waals surface area contributed by atoms with Gasteiger partial charge in [-0.25, -0.2) is 9.59 Å². The lowest BCUT2D eigenvalue weighted by molar-refractivity contribution is -0.123. The molecule has 4 aromatic carbocycles. The van der Waals surface area contributed by atoms with Crippen molar-refractivity contribution in [3.63, 3.8) is 0 Å². The van der Waals surface area contributed by atoms with Gasteiger partial charge in [-0.1, -0.05) is 97.4 Å². The smallest absolute Gasteiger partial charge is 0.411 e. The molecule has 16 nitrogen and oxygen atoms in total. The topological polar surface area (TPSA) is 226 Å². The Labute approximate surface area is 442 Å². The van der Waals surface area contributed by atoms with Gasteiger partial charge in [-0.3, -0.25) is 24.5 Å². The maximum absolute atomic E-state index is 12.8. The summed E-state index contributed by atoms with van der Waals surface area (Å²) in [4.78, 5) is 71.7. The highest BCUT2D eigenvalue weighted by molar-refractivity contribution is 6.61. The van der Waals surface area contributed by atoms with E-state index in [1.165, 1.54) is 26.2 Å². The molecule has 0 spiro atoms. The first kappa shape index (κ1) is 67.8. The number of benzene rings is 4. The van der Waals surface area contributed by atoms with Crippen molar-refractivity contribution in [2.45, 2.75) is 115 Å². The van der Waals surface area contributed by atoms with E-state index < -0.39 is 35.4 Å². The van der Waals surface area contributed by atoms with Crippen LogP contribution >= 0.6 is 34.8 Å². The first-order valence-electron chi connectivity index (χ1n) is 22.2. The predicted molar refractivity (Wildman–Crippen MR) is 292 cm³/mol. The maximum atomic E-state index is 12.8. The summed E-state index contributed by atoms with van der Waals surface area (Å²) < 4.78 is 20.7. The summed E-state index contributed by atoms with van der Waals surface area (Å²) in [6, 6.07) is 22.1. The average Bonchev–Trinajstić information content (AvgIpc) is 3.29. The van der Waals surface area contributed by atoms with Crippen LogP contribution in [0.15, 0.2) is 84.9 Å². The second-order valence-corrected chi connectivity index (χ2v) is 17.9. The van der Waals surface area contributed by atoms with Gasteiger partial charge in [0.2, 0.25) is 11.8 Å². The van der Waals surface area contributed by atoms with Crippen molar-refractivity contribution in [3.05, 3.63) is 117 Å². The van der Waals surface area contributed by atoms with Crippen molar-refractivity contribution >= 4 is 81.3 Å². The molecule has 0 bridgehead atoms. The summed E-state index contributed by atoms with van der Waals surface area (Å²) in [6.07, 6.45) is -0.0121. The van der Waals surface area contributed by atoms with Crippen molar-refractivity contribution in [1.29, 1.82) is 0 Å². The number of carbonyl (C=O) groups is 6. The van der Waals surface area contributed by atoms with Crippen LogP contribution < -0.4 is 41.8 Å². The molecule has 19 heteroatoms. The molecule has 4 aromatic rings. The van der Waals surface area contributed by atoms with Crippen LogP contribution in [0.1, 0.15) is 110 Å². The molecule has 0 aliphatic rings. The fourth-order valence-electron chi connectivity index (χ4n) is 5.71. The molecule has 4 rings (SSSR count). The lowest BCUT2D eigenvalue weighted by atomic mass is 10.0. The van der Waals surface area contributed by atoms with Gasteiger partial charge < -0.3 is 45.9 Å². The predicted octanol–water partition coefficient (Wildman–Crippen LogP) is 11.1. The molecule has 2 atom stereocenters. The number of hydrogen-bond donors (Lipinski definition) is 6. The first-order valence-corrected chi connectivity index (χ1v) is 23.3. The highest BCUT2D eigenvalue weighted by Crippen LogP contribution is 2.28. The normalized spacial score (nSPS) is 11.0. The molecule has 72 heavy (non-hydrogen) atoms. The van der Waals surface area contributed by atoms with E-state index >= 15 is 0 Å². The van der Waals surface area contributed by atoms with Crippen molar-refractivity contribution < 1.29 is 47.7 Å². The van der Waals surface area contributed by atoms with Gasteiger partial charge in [0.25, 0.3) is 11.8 Å². The third kappa shape index (κ3) is 26.3. The fraction of sp³-hybridized carbons (Fsp3) is 0.434. The Morgan fingerprint density at radius 2 is 0.931 bits per heavy atom. The standard InChI is InChI=1S/C25H32ClN3O5.C20H24ClN3O3.C5H9ClO2.3CH4/c1-15(2)14-33-25(32)28-19-9-6-17(7-10-19)12-21(24(31)27-5)29-23(30)18-8-11-22(20(26)13-18)34-16(3)4;1-12(2)27-18-9-6-14(11-16(18)21)19(25)24-17(20(26)23-3)10-13-4-7-15(22)8-5-13;1-4(2)3-8-5(6)7;;;/h6-11,13,15-16,21H,12,14H2,1-5H3,(H,27,31)(H,28,32)(H,29,30);4-9,11-12,17H,10,22H2,1-3H3,(H,23,26)(H,24,25);4H,3H2,1-2H3;3*1H4. The molecule has 400 valence electrons. The molecule has 7 N–H and O–H groups in total. The summed E-state index contributed by atoms with van der Waals surface area (Å²) in [6.45, 7) is 16.1. The Morgan fingerprint density at radius 1 is 0.556 bits per heavy atom. The number of likely N-dealkylation sites (N-methyl/N-ethyl adjacent to an activating group) is 2. The Morgan fingerprint density at radius 3 is 1.25 bits per heavy atom. The number of ether oxygens (including phenoxy) is 4. The number of amides is 5. The Hall–Kier alpha value is -6.23. The second-order valence-electron chi connectivity index (χ2n) is 16.8. The van der Waals surface area contributed by atoms with Gasteiger partial charge in [-0.15, -0.1) is 0 Å². The summed E-state index contributed by atoms with van der Waals surface area (Å²) in [5.41, 5.74) is 8.51. The van der Waals surface area contributed by atoms with Gasteiger partial charge in [-0.2, -0.15) is 0 Å². The van der Waals surface area contributed by atoms with Gasteiger partial charge in [0, 0.05) is 61.0 Å². The number of anilines is 2. The third-order valence-electron chi connectivity index (χ3n) is 8.99. The maximum Gasteiger partial charge on any atom is 0.411 e. The molecule has 2 unspecified atom stereocenters. The number of halogens is 3. The van der Waals surface area contributed by atoms with Crippen LogP contribution in [0.4, 0.5) is 21.0 Å². The van der Waals surface area contributed by atoms with Crippen LogP contribution in [0.2, 0.25) is 10.0 Å². The monoisotopic (exact) mass is 1060 g/mol. The van der Waals surface area contributed by atoms with E-state index in [9.17, 15) is 28.8 Å². The van der Waals surface area contributed by atoms with Crippen LogP contribution in [-0.4, -0.2) is 86.8 Å². The number of hydrogen-bond acceptors (Lipinski definition) is 11. The van der Waals surface area contributed by atoms with E-state index in [0.29, 0.717) is 69.6 Å². The number of rotatable bonds is 19. The minimum Gasteiger partial charge on any atom is -0.489 e. The summed E-state index contributed by atoms with van der Waals surface area (Å²) in [5, 5.41) is 14.0. The highest BCUT2D eigenvalue weighted by atomic mass is 35.5. The molecule has 0 radical (unpaired) electrons. The minimum absolute atomic E-state index is 0.